The van der Waals surface area contributed by atoms with Crippen LogP contribution in [0.5, 0.6) is 5.75 Å². The van der Waals surface area contributed by atoms with Crippen LogP contribution in [0.25, 0.3) is 0 Å². The molecular formula is C22H23ClFN5O2. The first-order valence-corrected chi connectivity index (χ1v) is 9.89. The highest BCUT2D eigenvalue weighted by molar-refractivity contribution is 6.30. The van der Waals surface area contributed by atoms with Gasteiger partial charge in [0.15, 0.2) is 11.6 Å². The third-order valence-electron chi connectivity index (χ3n) is 4.49. The van der Waals surface area contributed by atoms with Crippen LogP contribution >= 0.6 is 11.6 Å². The molecule has 2 aromatic rings. The summed E-state index contributed by atoms with van der Waals surface area (Å²) >= 11 is 5.77. The molecule has 2 aromatic carbocycles. The minimum atomic E-state index is -0.502. The number of nitrogens with two attached hydrogens (primary N) is 1. The zero-order chi connectivity index (χ0) is 22.4. The smallest absolute Gasteiger partial charge is 0.251 e. The van der Waals surface area contributed by atoms with Gasteiger partial charge < -0.3 is 26.0 Å². The normalized spacial score (nSPS) is 14.3. The largest absolute Gasteiger partial charge is 0.484 e. The number of rotatable bonds is 7. The Morgan fingerprint density at radius 3 is 2.81 bits per heavy atom. The van der Waals surface area contributed by atoms with Gasteiger partial charge in [0.05, 0.1) is 13.1 Å². The quantitative estimate of drug-likeness (QED) is 0.451. The number of halogens is 2. The topological polar surface area (TPSA) is 92.0 Å². The van der Waals surface area contributed by atoms with Crippen molar-refractivity contribution in [2.24, 2.45) is 10.7 Å². The number of carbonyl (C=O) groups is 1. The van der Waals surface area contributed by atoms with Crippen molar-refractivity contribution in [1.29, 1.82) is 0 Å². The molecule has 0 unspecified atom stereocenters. The minimum absolute atomic E-state index is 0.156. The van der Waals surface area contributed by atoms with Crippen LogP contribution in [0.15, 0.2) is 72.1 Å². The third-order valence-corrected chi connectivity index (χ3v) is 4.73. The summed E-state index contributed by atoms with van der Waals surface area (Å²) in [5.41, 5.74) is 6.75. The first kappa shape index (κ1) is 22.2. The van der Waals surface area contributed by atoms with E-state index in [1.807, 2.05) is 4.90 Å². The predicted octanol–water partition coefficient (Wildman–Crippen LogP) is 3.36. The standard InChI is InChI=1S/C22H23ClFN5O2/c1-14(27-17-5-3-4-15(10-17)22(30)26-2)28-21(8-9-25)29-12-18(13-29)31-20-7-6-16(23)11-19(20)24/h3-11,18,27H,1,12-13,25H2,2H3,(H,26,30)/b9-8-,28-21+. The lowest BCUT2D eigenvalue weighted by Crippen LogP contribution is -2.56. The van der Waals surface area contributed by atoms with Crippen LogP contribution < -0.4 is 21.1 Å². The predicted molar refractivity (Wildman–Crippen MR) is 121 cm³/mol. The van der Waals surface area contributed by atoms with Crippen molar-refractivity contribution in [3.05, 3.63) is 83.5 Å². The number of nitrogens with zero attached hydrogens (tertiary/aromatic N) is 2. The van der Waals surface area contributed by atoms with Gasteiger partial charge in [-0.15, -0.1) is 0 Å². The second-order valence-electron chi connectivity index (χ2n) is 6.78. The van der Waals surface area contributed by atoms with Crippen molar-refractivity contribution >= 4 is 29.0 Å². The number of hydrogen-bond donors (Lipinski definition) is 3. The molecule has 1 aliphatic heterocycles. The van der Waals surface area contributed by atoms with Gasteiger partial charge in [-0.05, 0) is 48.7 Å². The number of nitrogens with one attached hydrogen (secondary N) is 2. The molecule has 0 bridgehead atoms. The highest BCUT2D eigenvalue weighted by Crippen LogP contribution is 2.25. The molecule has 0 spiro atoms. The maximum atomic E-state index is 13.9. The van der Waals surface area contributed by atoms with Crippen LogP contribution in [0.4, 0.5) is 10.1 Å². The minimum Gasteiger partial charge on any atom is -0.484 e. The Balaban J connectivity index is 1.62. The SMILES string of the molecule is C=C(/N=C(\C=C/N)N1CC(Oc2ccc(Cl)cc2F)C1)Nc1cccc(C(=O)NC)c1. The number of likely N-dealkylation sites (tertiary alicyclic amines) is 1. The number of aliphatic imine (C=N–C) groups is 1. The van der Waals surface area contributed by atoms with E-state index in [4.69, 9.17) is 22.1 Å². The molecule has 162 valence electrons. The van der Waals surface area contributed by atoms with Crippen molar-refractivity contribution in [2.45, 2.75) is 6.10 Å². The van der Waals surface area contributed by atoms with Gasteiger partial charge in [0.2, 0.25) is 0 Å². The average molecular weight is 444 g/mol. The zero-order valence-electron chi connectivity index (χ0n) is 16.9. The molecule has 1 fully saturated rings. The monoisotopic (exact) mass is 443 g/mol. The molecule has 0 saturated carbocycles. The van der Waals surface area contributed by atoms with Gasteiger partial charge in [-0.3, -0.25) is 4.79 Å². The summed E-state index contributed by atoms with van der Waals surface area (Å²) in [6.07, 6.45) is 2.83. The number of amidine groups is 1. The Hall–Kier alpha value is -3.52. The summed E-state index contributed by atoms with van der Waals surface area (Å²) in [6.45, 7) is 4.93. The van der Waals surface area contributed by atoms with Crippen molar-refractivity contribution < 1.29 is 13.9 Å². The second-order valence-corrected chi connectivity index (χ2v) is 7.22. The van der Waals surface area contributed by atoms with E-state index in [1.165, 1.54) is 18.3 Å². The Morgan fingerprint density at radius 1 is 1.35 bits per heavy atom. The van der Waals surface area contributed by atoms with Crippen LogP contribution in [0.3, 0.4) is 0 Å². The van der Waals surface area contributed by atoms with Crippen LogP contribution in [-0.2, 0) is 0 Å². The fourth-order valence-corrected chi connectivity index (χ4v) is 3.12. The van der Waals surface area contributed by atoms with Gasteiger partial charge in [0.25, 0.3) is 5.91 Å². The van der Waals surface area contributed by atoms with Crippen molar-refractivity contribution in [3.63, 3.8) is 0 Å². The van der Waals surface area contributed by atoms with Gasteiger partial charge in [-0.1, -0.05) is 24.2 Å². The van der Waals surface area contributed by atoms with E-state index in [1.54, 1.807) is 43.5 Å². The van der Waals surface area contributed by atoms with E-state index in [9.17, 15) is 9.18 Å². The van der Waals surface area contributed by atoms with Gasteiger partial charge in [0.1, 0.15) is 17.8 Å². The lowest BCUT2D eigenvalue weighted by atomic mass is 10.1. The molecule has 0 atom stereocenters. The first-order chi connectivity index (χ1) is 14.9. The molecule has 3 rings (SSSR count). The summed E-state index contributed by atoms with van der Waals surface area (Å²) < 4.78 is 19.6. The van der Waals surface area contributed by atoms with Gasteiger partial charge in [-0.2, -0.15) is 0 Å². The number of ether oxygens (including phenoxy) is 1. The molecular weight excluding hydrogens is 421 g/mol. The number of benzene rings is 2. The molecule has 1 aliphatic rings. The summed E-state index contributed by atoms with van der Waals surface area (Å²) in [4.78, 5) is 18.2. The van der Waals surface area contributed by atoms with E-state index >= 15 is 0 Å². The molecule has 0 aromatic heterocycles. The average Bonchev–Trinajstić information content (AvgIpc) is 2.71. The third kappa shape index (κ3) is 5.76. The molecule has 0 aliphatic carbocycles. The maximum absolute atomic E-state index is 13.9. The van der Waals surface area contributed by atoms with E-state index in [0.29, 0.717) is 41.0 Å². The summed E-state index contributed by atoms with van der Waals surface area (Å²) in [7, 11) is 1.57. The van der Waals surface area contributed by atoms with Crippen LogP contribution in [0.2, 0.25) is 5.02 Å². The molecule has 9 heteroatoms. The van der Waals surface area contributed by atoms with E-state index in [0.717, 1.165) is 0 Å². The van der Waals surface area contributed by atoms with Crippen molar-refractivity contribution in [3.8, 4) is 5.75 Å². The molecule has 1 amide bonds. The Bertz CT molecular complexity index is 1030. The Morgan fingerprint density at radius 2 is 2.13 bits per heavy atom. The van der Waals surface area contributed by atoms with Crippen LogP contribution in [0.1, 0.15) is 10.4 Å². The number of amides is 1. The van der Waals surface area contributed by atoms with E-state index in [-0.39, 0.29) is 17.8 Å². The fourth-order valence-electron chi connectivity index (χ4n) is 2.96. The summed E-state index contributed by atoms with van der Waals surface area (Å²) in [5, 5.41) is 5.95. The molecule has 1 heterocycles. The molecule has 7 nitrogen and oxygen atoms in total. The number of anilines is 1. The van der Waals surface area contributed by atoms with E-state index < -0.39 is 5.82 Å². The fraction of sp³-hybridized carbons (Fsp3) is 0.182. The lowest BCUT2D eigenvalue weighted by Gasteiger charge is -2.40. The summed E-state index contributed by atoms with van der Waals surface area (Å²) in [5.74, 6) is 0.421. The highest BCUT2D eigenvalue weighted by atomic mass is 35.5. The van der Waals surface area contributed by atoms with Crippen molar-refractivity contribution in [1.82, 2.24) is 10.2 Å². The van der Waals surface area contributed by atoms with Crippen molar-refractivity contribution in [2.75, 3.05) is 25.5 Å². The van der Waals surface area contributed by atoms with Gasteiger partial charge in [-0.25, -0.2) is 9.38 Å². The van der Waals surface area contributed by atoms with E-state index in [2.05, 4.69) is 22.2 Å². The second kappa shape index (κ2) is 9.99. The van der Waals surface area contributed by atoms with Gasteiger partial charge in [0, 0.05) is 23.3 Å². The van der Waals surface area contributed by atoms with Crippen LogP contribution in [-0.4, -0.2) is 42.9 Å². The molecule has 4 N–H and O–H groups in total. The first-order valence-electron chi connectivity index (χ1n) is 9.51. The lowest BCUT2D eigenvalue weighted by molar-refractivity contribution is 0.0649. The maximum Gasteiger partial charge on any atom is 0.251 e. The number of carbonyl (C=O) groups excluding carboxylic acids is 1. The molecule has 1 saturated heterocycles. The Labute approximate surface area is 185 Å². The van der Waals surface area contributed by atoms with Gasteiger partial charge >= 0.3 is 0 Å². The zero-order valence-corrected chi connectivity index (χ0v) is 17.7. The molecule has 0 radical (unpaired) electrons. The van der Waals surface area contributed by atoms with Crippen LogP contribution in [0, 0.1) is 5.82 Å². The summed E-state index contributed by atoms with van der Waals surface area (Å²) in [6, 6.07) is 11.3. The highest BCUT2D eigenvalue weighted by Gasteiger charge is 2.31. The Kier molecular flexibility index (Phi) is 7.15. The number of hydrogen-bond acceptors (Lipinski definition) is 5. The molecule has 31 heavy (non-hydrogen) atoms.